The van der Waals surface area contributed by atoms with Crippen LogP contribution in [-0.2, 0) is 0 Å². The summed E-state index contributed by atoms with van der Waals surface area (Å²) in [6, 6.07) is 7.82. The Bertz CT molecular complexity index is 749. The van der Waals surface area contributed by atoms with Gasteiger partial charge in [-0.2, -0.15) is 0 Å². The van der Waals surface area contributed by atoms with Crippen LogP contribution >= 0.6 is 11.6 Å². The molecular weight excluding hydrogens is 308 g/mol. The van der Waals surface area contributed by atoms with Crippen molar-refractivity contribution in [3.63, 3.8) is 0 Å². The van der Waals surface area contributed by atoms with Gasteiger partial charge in [-0.05, 0) is 25.0 Å². The molecule has 0 aliphatic carbocycles. The first kappa shape index (κ1) is 14.4. The fourth-order valence-electron chi connectivity index (χ4n) is 3.05. The van der Waals surface area contributed by atoms with Crippen LogP contribution in [0.25, 0.3) is 11.3 Å². The first-order valence-electron chi connectivity index (χ1n) is 7.89. The molecule has 0 radical (unpaired) electrons. The molecule has 0 amide bonds. The normalized spacial score (nSPS) is 19.7. The van der Waals surface area contributed by atoms with Gasteiger partial charge in [-0.15, -0.1) is 0 Å². The molecule has 0 N–H and O–H groups in total. The summed E-state index contributed by atoms with van der Waals surface area (Å²) in [7, 11) is 0. The molecule has 2 aliphatic heterocycles. The molecule has 1 aromatic heterocycles. The molecule has 1 aromatic carbocycles. The lowest BCUT2D eigenvalue weighted by Crippen LogP contribution is -2.21. The minimum atomic E-state index is 0.133. The number of nitrogens with zero attached hydrogens (tertiary/aromatic N) is 4. The lowest BCUT2D eigenvalue weighted by molar-refractivity contribution is 0.891. The number of hydrogen-bond acceptors (Lipinski definition) is 4. The maximum absolute atomic E-state index is 6.03. The molecule has 4 rings (SSSR count). The largest absolute Gasteiger partial charge is 0.341 e. The summed E-state index contributed by atoms with van der Waals surface area (Å²) >= 11 is 6.03. The van der Waals surface area contributed by atoms with Gasteiger partial charge in [0.15, 0.2) is 0 Å². The number of allylic oxidation sites excluding steroid dienone is 1. The molecule has 1 saturated heterocycles. The number of anilines is 1. The first-order valence-corrected chi connectivity index (χ1v) is 8.27. The van der Waals surface area contributed by atoms with Crippen LogP contribution in [0.15, 0.2) is 47.7 Å². The maximum Gasteiger partial charge on any atom is 0.225 e. The van der Waals surface area contributed by atoms with E-state index in [9.17, 15) is 0 Å². The number of hydrogen-bond donors (Lipinski definition) is 0. The monoisotopic (exact) mass is 324 g/mol. The van der Waals surface area contributed by atoms with E-state index in [1.165, 1.54) is 12.8 Å². The molecule has 1 unspecified atom stereocenters. The molecule has 1 atom stereocenters. The fraction of sp³-hybridized carbons (Fsp3) is 0.278. The van der Waals surface area contributed by atoms with Crippen molar-refractivity contribution in [2.45, 2.75) is 18.8 Å². The molecule has 2 aromatic rings. The molecule has 3 heterocycles. The predicted octanol–water partition coefficient (Wildman–Crippen LogP) is 4.08. The second kappa shape index (κ2) is 6.13. The van der Waals surface area contributed by atoms with Crippen molar-refractivity contribution in [1.82, 2.24) is 9.97 Å². The predicted molar refractivity (Wildman–Crippen MR) is 94.3 cm³/mol. The SMILES string of the molecule is Clc1ccc(-c2nc(N3CCCC3)ncc2C2C=CN=C2)cc1. The molecule has 0 bridgehead atoms. The van der Waals surface area contributed by atoms with Crippen molar-refractivity contribution >= 4 is 23.8 Å². The average Bonchev–Trinajstić information content (AvgIpc) is 3.29. The molecule has 0 spiro atoms. The van der Waals surface area contributed by atoms with E-state index in [-0.39, 0.29) is 5.92 Å². The molecule has 116 valence electrons. The smallest absolute Gasteiger partial charge is 0.225 e. The zero-order valence-corrected chi connectivity index (χ0v) is 13.4. The standard InChI is InChI=1S/C18H17ClN4/c19-15-5-3-13(4-6-15)17-16(14-7-8-20-11-14)12-21-18(22-17)23-9-1-2-10-23/h3-8,11-12,14H,1-2,9-10H2. The van der Waals surface area contributed by atoms with Crippen LogP contribution in [0, 0.1) is 0 Å². The van der Waals surface area contributed by atoms with Crippen LogP contribution in [0.3, 0.4) is 0 Å². The summed E-state index contributed by atoms with van der Waals surface area (Å²) in [6.45, 7) is 2.06. The number of aliphatic imine (C=N–C) groups is 1. The van der Waals surface area contributed by atoms with Gasteiger partial charge < -0.3 is 4.90 Å². The van der Waals surface area contributed by atoms with E-state index in [2.05, 4.69) is 21.0 Å². The Morgan fingerprint density at radius 2 is 1.87 bits per heavy atom. The van der Waals surface area contributed by atoms with Gasteiger partial charge in [0.25, 0.3) is 0 Å². The Morgan fingerprint density at radius 1 is 1.09 bits per heavy atom. The van der Waals surface area contributed by atoms with E-state index in [1.54, 1.807) is 0 Å². The van der Waals surface area contributed by atoms with E-state index in [0.717, 1.165) is 40.9 Å². The van der Waals surface area contributed by atoms with E-state index < -0.39 is 0 Å². The summed E-state index contributed by atoms with van der Waals surface area (Å²) in [5, 5.41) is 0.728. The van der Waals surface area contributed by atoms with Crippen LogP contribution in [-0.4, -0.2) is 29.3 Å². The molecule has 0 saturated carbocycles. The Hall–Kier alpha value is -2.20. The third-order valence-electron chi connectivity index (χ3n) is 4.30. The lowest BCUT2D eigenvalue weighted by Gasteiger charge is -2.18. The molecule has 5 heteroatoms. The summed E-state index contributed by atoms with van der Waals surface area (Å²) < 4.78 is 0. The van der Waals surface area contributed by atoms with Gasteiger partial charge in [0.1, 0.15) is 0 Å². The van der Waals surface area contributed by atoms with Crippen molar-refractivity contribution < 1.29 is 0 Å². The number of benzene rings is 1. The highest BCUT2D eigenvalue weighted by molar-refractivity contribution is 6.30. The van der Waals surface area contributed by atoms with Gasteiger partial charge in [0.2, 0.25) is 5.95 Å². The molecule has 23 heavy (non-hydrogen) atoms. The quantitative estimate of drug-likeness (QED) is 0.854. The van der Waals surface area contributed by atoms with E-state index in [0.29, 0.717) is 0 Å². The van der Waals surface area contributed by atoms with Crippen molar-refractivity contribution in [3.05, 3.63) is 53.3 Å². The zero-order valence-electron chi connectivity index (χ0n) is 12.7. The molecule has 2 aliphatic rings. The zero-order chi connectivity index (χ0) is 15.6. The highest BCUT2D eigenvalue weighted by Gasteiger charge is 2.20. The van der Waals surface area contributed by atoms with Gasteiger partial charge in [-0.3, -0.25) is 4.99 Å². The second-order valence-corrected chi connectivity index (χ2v) is 6.28. The highest BCUT2D eigenvalue weighted by atomic mass is 35.5. The summed E-state index contributed by atoms with van der Waals surface area (Å²) in [5.74, 6) is 0.948. The molecule has 4 nitrogen and oxygen atoms in total. The maximum atomic E-state index is 6.03. The van der Waals surface area contributed by atoms with Crippen molar-refractivity contribution in [2.24, 2.45) is 4.99 Å². The van der Waals surface area contributed by atoms with Crippen LogP contribution < -0.4 is 4.90 Å². The van der Waals surface area contributed by atoms with E-state index >= 15 is 0 Å². The van der Waals surface area contributed by atoms with Crippen molar-refractivity contribution in [3.8, 4) is 11.3 Å². The minimum Gasteiger partial charge on any atom is -0.341 e. The third kappa shape index (κ3) is 2.86. The Balaban J connectivity index is 1.80. The highest BCUT2D eigenvalue weighted by Crippen LogP contribution is 2.31. The third-order valence-corrected chi connectivity index (χ3v) is 4.55. The number of halogens is 1. The number of rotatable bonds is 3. The minimum absolute atomic E-state index is 0.133. The summed E-state index contributed by atoms with van der Waals surface area (Å²) in [6.07, 6.45) is 10.2. The van der Waals surface area contributed by atoms with Gasteiger partial charge in [0.05, 0.1) is 5.69 Å². The summed E-state index contributed by atoms with van der Waals surface area (Å²) in [4.78, 5) is 15.9. The second-order valence-electron chi connectivity index (χ2n) is 5.84. The van der Waals surface area contributed by atoms with Crippen LogP contribution in [0.5, 0.6) is 0 Å². The molecular formula is C18H17ClN4. The number of aromatic nitrogens is 2. The van der Waals surface area contributed by atoms with Crippen LogP contribution in [0.4, 0.5) is 5.95 Å². The van der Waals surface area contributed by atoms with Gasteiger partial charge in [-0.1, -0.05) is 29.8 Å². The average molecular weight is 325 g/mol. The molecule has 1 fully saturated rings. The van der Waals surface area contributed by atoms with Gasteiger partial charge in [0, 0.05) is 53.8 Å². The Kier molecular flexibility index (Phi) is 3.83. The van der Waals surface area contributed by atoms with Crippen LogP contribution in [0.1, 0.15) is 24.3 Å². The van der Waals surface area contributed by atoms with Crippen LogP contribution in [0.2, 0.25) is 5.02 Å². The Morgan fingerprint density at radius 3 is 2.57 bits per heavy atom. The first-order chi connectivity index (χ1) is 11.3. The summed E-state index contributed by atoms with van der Waals surface area (Å²) in [5.41, 5.74) is 3.09. The van der Waals surface area contributed by atoms with E-state index in [1.807, 2.05) is 42.9 Å². The fourth-order valence-corrected chi connectivity index (χ4v) is 3.18. The Labute approximate surface area is 140 Å². The topological polar surface area (TPSA) is 41.4 Å². The van der Waals surface area contributed by atoms with Crippen molar-refractivity contribution in [1.29, 1.82) is 0 Å². The lowest BCUT2D eigenvalue weighted by atomic mass is 9.97. The van der Waals surface area contributed by atoms with Crippen molar-refractivity contribution in [2.75, 3.05) is 18.0 Å². The van der Waals surface area contributed by atoms with Gasteiger partial charge in [-0.25, -0.2) is 9.97 Å². The van der Waals surface area contributed by atoms with Gasteiger partial charge >= 0.3 is 0 Å². The van der Waals surface area contributed by atoms with E-state index in [4.69, 9.17) is 16.6 Å².